The van der Waals surface area contributed by atoms with Crippen molar-refractivity contribution in [2.24, 2.45) is 5.92 Å². The molecule has 3 nitrogen and oxygen atoms in total. The first-order chi connectivity index (χ1) is 7.68. The summed E-state index contributed by atoms with van der Waals surface area (Å²) in [6.07, 6.45) is 1.68. The molecule has 0 bridgehead atoms. The zero-order valence-corrected chi connectivity index (χ0v) is 10.4. The van der Waals surface area contributed by atoms with Gasteiger partial charge in [-0.05, 0) is 37.1 Å². The van der Waals surface area contributed by atoms with Gasteiger partial charge in [0.15, 0.2) is 0 Å². The van der Waals surface area contributed by atoms with Crippen molar-refractivity contribution in [2.75, 3.05) is 6.54 Å². The van der Waals surface area contributed by atoms with E-state index < -0.39 is 5.97 Å². The Labute approximate surface area is 103 Å². The molecule has 0 amide bonds. The van der Waals surface area contributed by atoms with Gasteiger partial charge in [-0.3, -0.25) is 4.79 Å². The number of carboxylic acid groups (broad SMARTS) is 1. The normalized spacial score (nSPS) is 25.3. The average Bonchev–Trinajstić information content (AvgIpc) is 2.29. The highest BCUT2D eigenvalue weighted by molar-refractivity contribution is 9.10. The molecule has 4 heteroatoms. The van der Waals surface area contributed by atoms with Crippen molar-refractivity contribution in [3.05, 3.63) is 34.3 Å². The van der Waals surface area contributed by atoms with Crippen LogP contribution in [0.3, 0.4) is 0 Å². The topological polar surface area (TPSA) is 49.3 Å². The Bertz CT molecular complexity index is 394. The molecule has 86 valence electrons. The minimum Gasteiger partial charge on any atom is -0.481 e. The van der Waals surface area contributed by atoms with Gasteiger partial charge in [0.1, 0.15) is 0 Å². The number of carbonyl (C=O) groups is 1. The van der Waals surface area contributed by atoms with E-state index in [9.17, 15) is 9.90 Å². The Morgan fingerprint density at radius 3 is 3.00 bits per heavy atom. The van der Waals surface area contributed by atoms with E-state index >= 15 is 0 Å². The lowest BCUT2D eigenvalue weighted by atomic mass is 9.86. The second kappa shape index (κ2) is 4.97. The fraction of sp³-hybridized carbons (Fsp3) is 0.417. The molecule has 0 aliphatic carbocycles. The van der Waals surface area contributed by atoms with Crippen molar-refractivity contribution in [1.29, 1.82) is 0 Å². The smallest absolute Gasteiger partial charge is 0.308 e. The standard InChI is InChI=1S/C12H14BrNO2/c13-9-4-1-3-8(7-9)11-10(12(15)16)5-2-6-14-11/h1,3-4,7,10-11,14H,2,5-6H2,(H,15,16). The molecular formula is C12H14BrNO2. The molecule has 2 N–H and O–H groups in total. The van der Waals surface area contributed by atoms with Gasteiger partial charge in [-0.15, -0.1) is 0 Å². The Morgan fingerprint density at radius 2 is 2.31 bits per heavy atom. The maximum absolute atomic E-state index is 11.2. The third kappa shape index (κ3) is 2.44. The highest BCUT2D eigenvalue weighted by Crippen LogP contribution is 2.30. The van der Waals surface area contributed by atoms with Crippen LogP contribution in [0.5, 0.6) is 0 Å². The van der Waals surface area contributed by atoms with E-state index in [1.54, 1.807) is 0 Å². The molecule has 0 aromatic heterocycles. The van der Waals surface area contributed by atoms with Gasteiger partial charge >= 0.3 is 5.97 Å². The first-order valence-corrected chi connectivity index (χ1v) is 6.19. The zero-order chi connectivity index (χ0) is 11.5. The number of benzene rings is 1. The third-order valence-corrected chi connectivity index (χ3v) is 3.48. The molecule has 1 aromatic rings. The van der Waals surface area contributed by atoms with Crippen molar-refractivity contribution < 1.29 is 9.90 Å². The van der Waals surface area contributed by atoms with Crippen LogP contribution in [0.2, 0.25) is 0 Å². The average molecular weight is 284 g/mol. The summed E-state index contributed by atoms with van der Waals surface area (Å²) in [6.45, 7) is 0.890. The maximum Gasteiger partial charge on any atom is 0.308 e. The van der Waals surface area contributed by atoms with Gasteiger partial charge in [0.25, 0.3) is 0 Å². The van der Waals surface area contributed by atoms with Crippen molar-refractivity contribution in [3.8, 4) is 0 Å². The number of nitrogens with one attached hydrogen (secondary N) is 1. The first-order valence-electron chi connectivity index (χ1n) is 5.40. The fourth-order valence-electron chi connectivity index (χ4n) is 2.20. The molecule has 2 unspecified atom stereocenters. The van der Waals surface area contributed by atoms with E-state index in [1.165, 1.54) is 0 Å². The van der Waals surface area contributed by atoms with E-state index in [-0.39, 0.29) is 12.0 Å². The first kappa shape index (κ1) is 11.6. The van der Waals surface area contributed by atoms with Crippen LogP contribution in [0.15, 0.2) is 28.7 Å². The zero-order valence-electron chi connectivity index (χ0n) is 8.82. The van der Waals surface area contributed by atoms with Crippen molar-refractivity contribution in [3.63, 3.8) is 0 Å². The van der Waals surface area contributed by atoms with E-state index in [0.29, 0.717) is 0 Å². The van der Waals surface area contributed by atoms with Crippen LogP contribution in [0, 0.1) is 5.92 Å². The van der Waals surface area contributed by atoms with Crippen LogP contribution < -0.4 is 5.32 Å². The second-order valence-corrected chi connectivity index (χ2v) is 4.99. The highest BCUT2D eigenvalue weighted by Gasteiger charge is 2.31. The molecule has 16 heavy (non-hydrogen) atoms. The van der Waals surface area contributed by atoms with Gasteiger partial charge in [-0.25, -0.2) is 0 Å². The van der Waals surface area contributed by atoms with Gasteiger partial charge in [0.2, 0.25) is 0 Å². The Morgan fingerprint density at radius 1 is 1.50 bits per heavy atom. The van der Waals surface area contributed by atoms with Crippen LogP contribution in [0.4, 0.5) is 0 Å². The van der Waals surface area contributed by atoms with Crippen LogP contribution in [0.25, 0.3) is 0 Å². The summed E-state index contributed by atoms with van der Waals surface area (Å²) in [6, 6.07) is 7.78. The molecule has 1 fully saturated rings. The number of hydrogen-bond donors (Lipinski definition) is 2. The Hall–Kier alpha value is -0.870. The van der Waals surface area contributed by atoms with Crippen LogP contribution in [-0.4, -0.2) is 17.6 Å². The summed E-state index contributed by atoms with van der Waals surface area (Å²) in [4.78, 5) is 11.2. The van der Waals surface area contributed by atoms with Gasteiger partial charge < -0.3 is 10.4 Å². The summed E-state index contributed by atoms with van der Waals surface area (Å²) in [5.41, 5.74) is 1.04. The van der Waals surface area contributed by atoms with Gasteiger partial charge in [0.05, 0.1) is 5.92 Å². The summed E-state index contributed by atoms with van der Waals surface area (Å²) in [5.74, 6) is -1.03. The molecule has 1 aromatic carbocycles. The van der Waals surface area contributed by atoms with Crippen molar-refractivity contribution >= 4 is 21.9 Å². The summed E-state index contributed by atoms with van der Waals surface area (Å²) < 4.78 is 0.988. The minimum atomic E-state index is -0.711. The number of aliphatic carboxylic acids is 1. The van der Waals surface area contributed by atoms with Crippen molar-refractivity contribution in [2.45, 2.75) is 18.9 Å². The van der Waals surface area contributed by atoms with Crippen molar-refractivity contribution in [1.82, 2.24) is 5.32 Å². The van der Waals surface area contributed by atoms with E-state index in [4.69, 9.17) is 0 Å². The number of rotatable bonds is 2. The predicted octanol–water partition coefficient (Wildman–Crippen LogP) is 2.57. The van der Waals surface area contributed by atoms with Gasteiger partial charge in [-0.1, -0.05) is 28.1 Å². The molecule has 2 atom stereocenters. The van der Waals surface area contributed by atoms with E-state index in [1.807, 2.05) is 24.3 Å². The summed E-state index contributed by atoms with van der Waals surface area (Å²) in [7, 11) is 0. The molecule has 2 rings (SSSR count). The molecule has 1 saturated heterocycles. The molecular weight excluding hydrogens is 270 g/mol. The Kier molecular flexibility index (Phi) is 3.61. The highest BCUT2D eigenvalue weighted by atomic mass is 79.9. The minimum absolute atomic E-state index is 0.0660. The van der Waals surface area contributed by atoms with Crippen LogP contribution >= 0.6 is 15.9 Å². The third-order valence-electron chi connectivity index (χ3n) is 2.98. The predicted molar refractivity (Wildman–Crippen MR) is 65.2 cm³/mol. The van der Waals surface area contributed by atoms with E-state index in [0.717, 1.165) is 29.4 Å². The summed E-state index contributed by atoms with van der Waals surface area (Å²) in [5, 5.41) is 12.5. The van der Waals surface area contributed by atoms with Crippen LogP contribution in [-0.2, 0) is 4.79 Å². The Balaban J connectivity index is 2.26. The quantitative estimate of drug-likeness (QED) is 0.877. The van der Waals surface area contributed by atoms with Gasteiger partial charge in [-0.2, -0.15) is 0 Å². The largest absolute Gasteiger partial charge is 0.481 e. The lowest BCUT2D eigenvalue weighted by molar-refractivity contribution is -0.143. The van der Waals surface area contributed by atoms with E-state index in [2.05, 4.69) is 21.2 Å². The lowest BCUT2D eigenvalue weighted by Gasteiger charge is -2.30. The lowest BCUT2D eigenvalue weighted by Crippen LogP contribution is -2.38. The number of piperidine rings is 1. The SMILES string of the molecule is O=C(O)C1CCCNC1c1cccc(Br)c1. The number of halogens is 1. The molecule has 1 heterocycles. The monoisotopic (exact) mass is 283 g/mol. The molecule has 0 radical (unpaired) electrons. The second-order valence-electron chi connectivity index (χ2n) is 4.07. The number of hydrogen-bond acceptors (Lipinski definition) is 2. The molecule has 0 spiro atoms. The maximum atomic E-state index is 11.2. The van der Waals surface area contributed by atoms with Gasteiger partial charge in [0, 0.05) is 10.5 Å². The van der Waals surface area contributed by atoms with Crippen LogP contribution in [0.1, 0.15) is 24.4 Å². The fourth-order valence-corrected chi connectivity index (χ4v) is 2.62. The summed E-state index contributed by atoms with van der Waals surface area (Å²) >= 11 is 3.41. The number of carboxylic acids is 1. The molecule has 0 saturated carbocycles. The molecule has 1 aliphatic heterocycles. The molecule has 1 aliphatic rings.